The van der Waals surface area contributed by atoms with E-state index in [0.29, 0.717) is 10.9 Å². The topological polar surface area (TPSA) is 36.4 Å². The molecule has 0 amide bonds. The zero-order chi connectivity index (χ0) is 11.5. The van der Waals surface area contributed by atoms with Crippen molar-refractivity contribution in [2.75, 3.05) is 24.6 Å². The maximum atomic E-state index is 8.91. The fourth-order valence-electron chi connectivity index (χ4n) is 2.08. The summed E-state index contributed by atoms with van der Waals surface area (Å²) >= 11 is 9.49. The summed E-state index contributed by atoms with van der Waals surface area (Å²) in [5.74, 6) is 1.41. The zero-order valence-electron chi connectivity index (χ0n) is 8.87. The fraction of sp³-hybridized carbons (Fsp3) is 0.545. The Morgan fingerprint density at radius 1 is 1.62 bits per heavy atom. The van der Waals surface area contributed by atoms with E-state index in [4.69, 9.17) is 16.7 Å². The minimum atomic E-state index is 0.264. The van der Waals surface area contributed by atoms with Gasteiger partial charge in [-0.3, -0.25) is 0 Å². The average molecular weight is 306 g/mol. The summed E-state index contributed by atoms with van der Waals surface area (Å²) in [6, 6.07) is 1.86. The lowest BCUT2D eigenvalue weighted by Crippen LogP contribution is -2.21. The number of rotatable bonds is 3. The van der Waals surface area contributed by atoms with Crippen LogP contribution in [0.1, 0.15) is 12.8 Å². The molecule has 1 N–H and O–H groups in total. The van der Waals surface area contributed by atoms with E-state index >= 15 is 0 Å². The van der Waals surface area contributed by atoms with Gasteiger partial charge in [0.2, 0.25) is 0 Å². The van der Waals surface area contributed by atoms with Crippen LogP contribution in [0.4, 0.5) is 5.82 Å². The first-order valence-corrected chi connectivity index (χ1v) is 6.54. The molecule has 1 fully saturated rings. The molecular formula is C11H14BrClN2O. The first kappa shape index (κ1) is 12.1. The molecule has 2 rings (SSSR count). The van der Waals surface area contributed by atoms with Crippen LogP contribution in [0.3, 0.4) is 0 Å². The molecule has 0 spiro atoms. The molecule has 3 nitrogen and oxygen atoms in total. The minimum absolute atomic E-state index is 0.264. The Kier molecular flexibility index (Phi) is 4.05. The van der Waals surface area contributed by atoms with Crippen molar-refractivity contribution < 1.29 is 5.11 Å². The second-order valence-electron chi connectivity index (χ2n) is 4.07. The number of aliphatic hydroxyl groups excluding tert-OH is 1. The Hall–Kier alpha value is -0.320. The molecule has 1 aromatic rings. The van der Waals surface area contributed by atoms with E-state index in [0.717, 1.165) is 36.2 Å². The van der Waals surface area contributed by atoms with Crippen LogP contribution in [-0.2, 0) is 0 Å². The highest BCUT2D eigenvalue weighted by Gasteiger charge is 2.24. The van der Waals surface area contributed by atoms with Crippen molar-refractivity contribution in [2.45, 2.75) is 12.8 Å². The van der Waals surface area contributed by atoms with Crippen LogP contribution in [0.15, 0.2) is 16.7 Å². The summed E-state index contributed by atoms with van der Waals surface area (Å²) in [6.07, 6.45) is 3.74. The van der Waals surface area contributed by atoms with Gasteiger partial charge >= 0.3 is 0 Å². The highest BCUT2D eigenvalue weighted by Crippen LogP contribution is 2.30. The third-order valence-electron chi connectivity index (χ3n) is 2.91. The highest BCUT2D eigenvalue weighted by atomic mass is 79.9. The first-order valence-electron chi connectivity index (χ1n) is 5.37. The van der Waals surface area contributed by atoms with Crippen LogP contribution < -0.4 is 4.90 Å². The lowest BCUT2D eigenvalue weighted by Gasteiger charge is -2.18. The van der Waals surface area contributed by atoms with Crippen molar-refractivity contribution in [3.8, 4) is 0 Å². The van der Waals surface area contributed by atoms with Gasteiger partial charge in [0.15, 0.2) is 0 Å². The first-order chi connectivity index (χ1) is 7.70. The van der Waals surface area contributed by atoms with Gasteiger partial charge < -0.3 is 10.0 Å². The molecule has 0 bridgehead atoms. The van der Waals surface area contributed by atoms with Crippen LogP contribution in [0, 0.1) is 5.92 Å². The molecule has 0 saturated carbocycles. The van der Waals surface area contributed by atoms with E-state index in [-0.39, 0.29) is 6.61 Å². The Balaban J connectivity index is 2.08. The van der Waals surface area contributed by atoms with Gasteiger partial charge in [0.25, 0.3) is 0 Å². The number of hydrogen-bond donors (Lipinski definition) is 1. The van der Waals surface area contributed by atoms with Crippen molar-refractivity contribution in [3.05, 3.63) is 21.8 Å². The molecule has 1 atom stereocenters. The molecule has 1 unspecified atom stereocenters. The number of pyridine rings is 1. The zero-order valence-corrected chi connectivity index (χ0v) is 11.2. The van der Waals surface area contributed by atoms with Gasteiger partial charge in [0, 0.05) is 30.4 Å². The number of hydrogen-bond acceptors (Lipinski definition) is 3. The van der Waals surface area contributed by atoms with Gasteiger partial charge in [-0.15, -0.1) is 0 Å². The molecule has 16 heavy (non-hydrogen) atoms. The average Bonchev–Trinajstić information content (AvgIpc) is 2.67. The molecule has 2 heterocycles. The highest BCUT2D eigenvalue weighted by molar-refractivity contribution is 9.10. The van der Waals surface area contributed by atoms with E-state index in [2.05, 4.69) is 25.8 Å². The monoisotopic (exact) mass is 304 g/mol. The molecule has 0 aromatic carbocycles. The Morgan fingerprint density at radius 3 is 3.12 bits per heavy atom. The van der Waals surface area contributed by atoms with Gasteiger partial charge in [-0.2, -0.15) is 0 Å². The van der Waals surface area contributed by atoms with Crippen LogP contribution in [0.2, 0.25) is 5.02 Å². The van der Waals surface area contributed by atoms with Crippen molar-refractivity contribution in [2.24, 2.45) is 5.92 Å². The second kappa shape index (κ2) is 5.34. The van der Waals surface area contributed by atoms with Crippen LogP contribution in [-0.4, -0.2) is 29.8 Å². The van der Waals surface area contributed by atoms with Crippen LogP contribution in [0.5, 0.6) is 0 Å². The van der Waals surface area contributed by atoms with E-state index in [9.17, 15) is 0 Å². The van der Waals surface area contributed by atoms with Crippen LogP contribution >= 0.6 is 27.5 Å². The lowest BCUT2D eigenvalue weighted by molar-refractivity contribution is 0.263. The summed E-state index contributed by atoms with van der Waals surface area (Å²) in [7, 11) is 0. The predicted octanol–water partition coefficient (Wildman–Crippen LogP) is 2.71. The van der Waals surface area contributed by atoms with E-state index < -0.39 is 0 Å². The Morgan fingerprint density at radius 2 is 2.44 bits per heavy atom. The molecule has 1 aliphatic heterocycles. The molecule has 5 heteroatoms. The van der Waals surface area contributed by atoms with Crippen molar-refractivity contribution >= 4 is 33.3 Å². The van der Waals surface area contributed by atoms with Crippen molar-refractivity contribution in [1.82, 2.24) is 4.98 Å². The molecule has 88 valence electrons. The standard InChI is InChI=1S/C11H14BrClN2O/c12-9-5-10(13)11(14-6-9)15-3-1-8(7-15)2-4-16/h5-6,8,16H,1-4,7H2. The maximum absolute atomic E-state index is 8.91. The van der Waals surface area contributed by atoms with Crippen molar-refractivity contribution in [3.63, 3.8) is 0 Å². The van der Waals surface area contributed by atoms with E-state index in [1.165, 1.54) is 0 Å². The van der Waals surface area contributed by atoms with Crippen molar-refractivity contribution in [1.29, 1.82) is 0 Å². The summed E-state index contributed by atoms with van der Waals surface area (Å²) in [4.78, 5) is 6.53. The number of halogens is 2. The third kappa shape index (κ3) is 2.67. The van der Waals surface area contributed by atoms with Gasteiger partial charge in [-0.1, -0.05) is 11.6 Å². The predicted molar refractivity (Wildman–Crippen MR) is 69.0 cm³/mol. The van der Waals surface area contributed by atoms with Crippen LogP contribution in [0.25, 0.3) is 0 Å². The quantitative estimate of drug-likeness (QED) is 0.933. The number of aromatic nitrogens is 1. The summed E-state index contributed by atoms with van der Waals surface area (Å²) < 4.78 is 0.896. The summed E-state index contributed by atoms with van der Waals surface area (Å²) in [5.41, 5.74) is 0. The molecular weight excluding hydrogens is 291 g/mol. The SMILES string of the molecule is OCCC1CCN(c2ncc(Br)cc2Cl)C1. The largest absolute Gasteiger partial charge is 0.396 e. The normalized spacial score (nSPS) is 20.4. The molecule has 1 saturated heterocycles. The fourth-order valence-corrected chi connectivity index (χ4v) is 2.83. The summed E-state index contributed by atoms with van der Waals surface area (Å²) in [5, 5.41) is 9.59. The Bertz CT molecular complexity index is 375. The Labute approximate surface area is 109 Å². The van der Waals surface area contributed by atoms with Gasteiger partial charge in [-0.05, 0) is 40.8 Å². The number of nitrogens with zero attached hydrogens (tertiary/aromatic N) is 2. The van der Waals surface area contributed by atoms with Gasteiger partial charge in [0.1, 0.15) is 5.82 Å². The molecule has 0 aliphatic carbocycles. The maximum Gasteiger partial charge on any atom is 0.147 e. The molecule has 1 aromatic heterocycles. The van der Waals surface area contributed by atoms with E-state index in [1.54, 1.807) is 6.20 Å². The number of aliphatic hydroxyl groups is 1. The minimum Gasteiger partial charge on any atom is -0.396 e. The molecule has 1 aliphatic rings. The molecule has 0 radical (unpaired) electrons. The lowest BCUT2D eigenvalue weighted by atomic mass is 10.1. The summed E-state index contributed by atoms with van der Waals surface area (Å²) in [6.45, 7) is 2.17. The van der Waals surface area contributed by atoms with E-state index in [1.807, 2.05) is 6.07 Å². The smallest absolute Gasteiger partial charge is 0.147 e. The number of anilines is 1. The third-order valence-corrected chi connectivity index (χ3v) is 3.62. The second-order valence-corrected chi connectivity index (χ2v) is 5.39. The van der Waals surface area contributed by atoms with Gasteiger partial charge in [0.05, 0.1) is 5.02 Å². The van der Waals surface area contributed by atoms with Gasteiger partial charge in [-0.25, -0.2) is 4.98 Å².